The minimum Gasteiger partial charge on any atom is -0.489 e. The van der Waals surface area contributed by atoms with Crippen LogP contribution in [0.4, 0.5) is 0 Å². The van der Waals surface area contributed by atoms with Gasteiger partial charge in [-0.25, -0.2) is 4.79 Å². The van der Waals surface area contributed by atoms with Gasteiger partial charge in [0.1, 0.15) is 12.4 Å². The lowest BCUT2D eigenvalue weighted by molar-refractivity contribution is -0.137. The van der Waals surface area contributed by atoms with Crippen LogP contribution in [0.2, 0.25) is 0 Å². The molecule has 35 heavy (non-hydrogen) atoms. The highest BCUT2D eigenvalue weighted by molar-refractivity contribution is 5.92. The average molecular weight is 464 g/mol. The fraction of sp³-hybridized carbons (Fsp3) is 0.100. The Balaban J connectivity index is 1.69. The number of esters is 1. The van der Waals surface area contributed by atoms with E-state index in [-0.39, 0.29) is 0 Å². The number of carbonyl (C=O) groups excluding carboxylic acids is 2. The van der Waals surface area contributed by atoms with Crippen molar-refractivity contribution in [1.82, 2.24) is 4.98 Å². The zero-order valence-corrected chi connectivity index (χ0v) is 19.4. The van der Waals surface area contributed by atoms with E-state index < -0.39 is 5.97 Å². The van der Waals surface area contributed by atoms with Crippen molar-refractivity contribution in [2.75, 3.05) is 6.61 Å². The third-order valence-corrected chi connectivity index (χ3v) is 5.42. The van der Waals surface area contributed by atoms with E-state index in [0.717, 1.165) is 39.7 Å². The van der Waals surface area contributed by atoms with Crippen LogP contribution in [0.25, 0.3) is 28.3 Å². The second-order valence-corrected chi connectivity index (χ2v) is 7.77. The van der Waals surface area contributed by atoms with Gasteiger partial charge in [0.15, 0.2) is 6.29 Å². The predicted octanol–water partition coefficient (Wildman–Crippen LogP) is 6.38. The maximum Gasteiger partial charge on any atom is 0.330 e. The molecule has 0 fully saturated rings. The SMILES string of the molecule is CCOC(=O)/C=C/c1cc(OCc2ccccc2)ccc1-c1ccc(-c2cccnc2)c(C=O)c1. The van der Waals surface area contributed by atoms with Crippen molar-refractivity contribution >= 4 is 18.3 Å². The van der Waals surface area contributed by atoms with Gasteiger partial charge in [0, 0.05) is 29.6 Å². The number of rotatable bonds is 9. The summed E-state index contributed by atoms with van der Waals surface area (Å²) in [5.74, 6) is 0.248. The van der Waals surface area contributed by atoms with Crippen molar-refractivity contribution in [2.45, 2.75) is 13.5 Å². The molecule has 5 heteroatoms. The molecule has 0 aliphatic carbocycles. The number of ether oxygens (including phenoxy) is 2. The molecule has 0 spiro atoms. The van der Waals surface area contributed by atoms with Gasteiger partial charge in [0.05, 0.1) is 6.61 Å². The van der Waals surface area contributed by atoms with Gasteiger partial charge in [0.2, 0.25) is 0 Å². The summed E-state index contributed by atoms with van der Waals surface area (Å²) in [7, 11) is 0. The molecule has 0 radical (unpaired) electrons. The van der Waals surface area contributed by atoms with Gasteiger partial charge in [-0.1, -0.05) is 54.6 Å². The smallest absolute Gasteiger partial charge is 0.330 e. The van der Waals surface area contributed by atoms with Crippen LogP contribution in [0, 0.1) is 0 Å². The summed E-state index contributed by atoms with van der Waals surface area (Å²) < 4.78 is 11.0. The first-order valence-corrected chi connectivity index (χ1v) is 11.3. The fourth-order valence-electron chi connectivity index (χ4n) is 3.73. The Morgan fingerprint density at radius 3 is 2.43 bits per heavy atom. The highest BCUT2D eigenvalue weighted by atomic mass is 16.5. The van der Waals surface area contributed by atoms with Crippen LogP contribution >= 0.6 is 0 Å². The molecule has 3 aromatic carbocycles. The fourth-order valence-corrected chi connectivity index (χ4v) is 3.73. The van der Waals surface area contributed by atoms with Crippen molar-refractivity contribution < 1.29 is 19.1 Å². The van der Waals surface area contributed by atoms with Crippen molar-refractivity contribution in [2.24, 2.45) is 0 Å². The quantitative estimate of drug-likeness (QED) is 0.164. The van der Waals surface area contributed by atoms with Gasteiger partial charge in [-0.2, -0.15) is 0 Å². The van der Waals surface area contributed by atoms with Crippen LogP contribution in [-0.4, -0.2) is 23.8 Å². The highest BCUT2D eigenvalue weighted by Gasteiger charge is 2.11. The number of carbonyl (C=O) groups is 2. The van der Waals surface area contributed by atoms with Crippen molar-refractivity contribution in [3.63, 3.8) is 0 Å². The van der Waals surface area contributed by atoms with Gasteiger partial charge in [-0.15, -0.1) is 0 Å². The Labute approximate surface area is 204 Å². The van der Waals surface area contributed by atoms with E-state index in [2.05, 4.69) is 4.98 Å². The number of aldehydes is 1. The molecule has 0 saturated heterocycles. The maximum atomic E-state index is 12.0. The van der Waals surface area contributed by atoms with E-state index in [1.165, 1.54) is 6.08 Å². The first-order valence-electron chi connectivity index (χ1n) is 11.3. The normalized spacial score (nSPS) is 10.8. The third-order valence-electron chi connectivity index (χ3n) is 5.42. The minimum absolute atomic E-state index is 0.300. The van der Waals surface area contributed by atoms with Crippen LogP contribution in [0.3, 0.4) is 0 Å². The monoisotopic (exact) mass is 463 g/mol. The molecular formula is C30H25NO4. The van der Waals surface area contributed by atoms with Crippen LogP contribution in [0.5, 0.6) is 5.75 Å². The summed E-state index contributed by atoms with van der Waals surface area (Å²) >= 11 is 0. The van der Waals surface area contributed by atoms with E-state index in [4.69, 9.17) is 9.47 Å². The Kier molecular flexibility index (Phi) is 7.81. The summed E-state index contributed by atoms with van der Waals surface area (Å²) in [6.45, 7) is 2.49. The van der Waals surface area contributed by atoms with Gasteiger partial charge in [-0.3, -0.25) is 9.78 Å². The largest absolute Gasteiger partial charge is 0.489 e. The van der Waals surface area contributed by atoms with E-state index in [1.807, 2.05) is 78.9 Å². The molecule has 0 saturated carbocycles. The maximum absolute atomic E-state index is 12.0. The Hall–Kier alpha value is -4.51. The van der Waals surface area contributed by atoms with Gasteiger partial charge in [0.25, 0.3) is 0 Å². The summed E-state index contributed by atoms with van der Waals surface area (Å²) in [5, 5.41) is 0. The van der Waals surface area contributed by atoms with E-state index in [1.54, 1.807) is 25.4 Å². The molecule has 0 N–H and O–H groups in total. The molecule has 4 aromatic rings. The topological polar surface area (TPSA) is 65.5 Å². The van der Waals surface area contributed by atoms with E-state index >= 15 is 0 Å². The van der Waals surface area contributed by atoms with E-state index in [0.29, 0.717) is 24.5 Å². The molecule has 1 aromatic heterocycles. The summed E-state index contributed by atoms with van der Waals surface area (Å²) in [4.78, 5) is 28.0. The molecule has 0 bridgehead atoms. The van der Waals surface area contributed by atoms with Gasteiger partial charge < -0.3 is 9.47 Å². The highest BCUT2D eigenvalue weighted by Crippen LogP contribution is 2.32. The molecule has 174 valence electrons. The molecule has 0 atom stereocenters. The molecule has 1 heterocycles. The number of nitrogens with zero attached hydrogens (tertiary/aromatic N) is 1. The lowest BCUT2D eigenvalue weighted by atomic mass is 9.93. The Bertz CT molecular complexity index is 1330. The standard InChI is InChI=1S/C30H25NO4/c1-2-34-30(33)15-11-24-18-27(35-21-22-7-4-3-5-8-22)12-14-28(24)23-10-13-29(26(17-23)20-32)25-9-6-16-31-19-25/h3-20H,2,21H2,1H3/b15-11+. The number of pyridine rings is 1. The molecule has 0 unspecified atom stereocenters. The minimum atomic E-state index is -0.422. The molecule has 0 aliphatic rings. The van der Waals surface area contributed by atoms with Crippen LogP contribution < -0.4 is 4.74 Å². The second kappa shape index (κ2) is 11.6. The Morgan fingerprint density at radius 2 is 1.69 bits per heavy atom. The number of hydrogen-bond acceptors (Lipinski definition) is 5. The van der Waals surface area contributed by atoms with Crippen molar-refractivity contribution in [1.29, 1.82) is 0 Å². The number of aromatic nitrogens is 1. The Morgan fingerprint density at radius 1 is 0.886 bits per heavy atom. The van der Waals surface area contributed by atoms with Gasteiger partial charge in [-0.05, 0) is 65.1 Å². The summed E-state index contributed by atoms with van der Waals surface area (Å²) in [6, 6.07) is 25.1. The zero-order chi connectivity index (χ0) is 24.5. The zero-order valence-electron chi connectivity index (χ0n) is 19.4. The number of hydrogen-bond donors (Lipinski definition) is 0. The lowest BCUT2D eigenvalue weighted by Crippen LogP contribution is -1.99. The third kappa shape index (κ3) is 6.09. The second-order valence-electron chi connectivity index (χ2n) is 7.77. The van der Waals surface area contributed by atoms with Crippen LogP contribution in [0.15, 0.2) is 97.3 Å². The van der Waals surface area contributed by atoms with Crippen LogP contribution in [-0.2, 0) is 16.1 Å². The summed E-state index contributed by atoms with van der Waals surface area (Å²) in [5.41, 5.74) is 5.77. The first-order chi connectivity index (χ1) is 17.2. The molecule has 5 nitrogen and oxygen atoms in total. The van der Waals surface area contributed by atoms with Crippen molar-refractivity contribution in [3.05, 3.63) is 114 Å². The molecular weight excluding hydrogens is 438 g/mol. The molecule has 0 amide bonds. The van der Waals surface area contributed by atoms with Crippen molar-refractivity contribution in [3.8, 4) is 28.0 Å². The van der Waals surface area contributed by atoms with Gasteiger partial charge >= 0.3 is 5.97 Å². The molecule has 4 rings (SSSR count). The average Bonchev–Trinajstić information content (AvgIpc) is 2.91. The summed E-state index contributed by atoms with van der Waals surface area (Å²) in [6.07, 6.45) is 7.37. The van der Waals surface area contributed by atoms with Crippen LogP contribution in [0.1, 0.15) is 28.4 Å². The molecule has 0 aliphatic heterocycles. The van der Waals surface area contributed by atoms with E-state index in [9.17, 15) is 9.59 Å². The lowest BCUT2D eigenvalue weighted by Gasteiger charge is -2.13. The first kappa shape index (κ1) is 23.6. The number of benzene rings is 3. The predicted molar refractivity (Wildman–Crippen MR) is 137 cm³/mol.